The molecular weight excluding hydrogens is 242 g/mol. The molecular formula is C14H13N3O2. The van der Waals surface area contributed by atoms with Crippen LogP contribution in [0.3, 0.4) is 0 Å². The predicted octanol–water partition coefficient (Wildman–Crippen LogP) is 2.81. The van der Waals surface area contributed by atoms with Crippen molar-refractivity contribution < 1.29 is 8.94 Å². The largest absolute Gasteiger partial charge is 0.461 e. The summed E-state index contributed by atoms with van der Waals surface area (Å²) in [7, 11) is 0. The topological polar surface area (TPSA) is 78.1 Å². The van der Waals surface area contributed by atoms with Gasteiger partial charge in [0.05, 0.1) is 12.7 Å². The molecule has 3 rings (SSSR count). The average Bonchev–Trinajstić information content (AvgIpc) is 3.01. The first-order chi connectivity index (χ1) is 9.22. The van der Waals surface area contributed by atoms with Gasteiger partial charge in [0.25, 0.3) is 0 Å². The standard InChI is InChI=1S/C14H13N3O2/c1-9-6-7-18-13(9)14-16-12(19-17-14)8-10-2-4-11(15)5-3-10/h2-7H,8,15H2,1H3. The third-order valence-electron chi connectivity index (χ3n) is 2.87. The first-order valence-corrected chi connectivity index (χ1v) is 5.94. The van der Waals surface area contributed by atoms with Gasteiger partial charge in [-0.05, 0) is 36.2 Å². The van der Waals surface area contributed by atoms with Crippen LogP contribution >= 0.6 is 0 Å². The normalized spacial score (nSPS) is 10.8. The summed E-state index contributed by atoms with van der Waals surface area (Å²) in [5.74, 6) is 1.68. The molecule has 0 aliphatic carbocycles. The molecule has 0 aliphatic rings. The number of aryl methyl sites for hydroxylation is 1. The number of furan rings is 1. The summed E-state index contributed by atoms with van der Waals surface area (Å²) in [5.41, 5.74) is 8.43. The molecule has 0 radical (unpaired) electrons. The molecule has 0 amide bonds. The maximum atomic E-state index is 5.64. The van der Waals surface area contributed by atoms with Crippen LogP contribution in [-0.2, 0) is 6.42 Å². The van der Waals surface area contributed by atoms with E-state index in [0.29, 0.717) is 23.9 Å². The van der Waals surface area contributed by atoms with Crippen LogP contribution < -0.4 is 5.73 Å². The van der Waals surface area contributed by atoms with Gasteiger partial charge in [-0.25, -0.2) is 0 Å². The Morgan fingerprint density at radius 2 is 1.95 bits per heavy atom. The molecule has 0 saturated carbocycles. The highest BCUT2D eigenvalue weighted by Gasteiger charge is 2.13. The molecule has 1 aromatic carbocycles. The summed E-state index contributed by atoms with van der Waals surface area (Å²) in [6, 6.07) is 9.45. The van der Waals surface area contributed by atoms with Gasteiger partial charge in [-0.1, -0.05) is 17.3 Å². The van der Waals surface area contributed by atoms with E-state index in [1.54, 1.807) is 6.26 Å². The zero-order chi connectivity index (χ0) is 13.2. The molecule has 2 heterocycles. The van der Waals surface area contributed by atoms with E-state index in [0.717, 1.165) is 16.8 Å². The monoisotopic (exact) mass is 255 g/mol. The van der Waals surface area contributed by atoms with Crippen LogP contribution in [0.15, 0.2) is 45.5 Å². The Kier molecular flexibility index (Phi) is 2.79. The fraction of sp³-hybridized carbons (Fsp3) is 0.143. The van der Waals surface area contributed by atoms with Crippen LogP contribution in [0, 0.1) is 6.92 Å². The van der Waals surface area contributed by atoms with Crippen molar-refractivity contribution in [1.29, 1.82) is 0 Å². The lowest BCUT2D eigenvalue weighted by molar-refractivity contribution is 0.384. The second-order valence-corrected chi connectivity index (χ2v) is 4.36. The minimum absolute atomic E-state index is 0.480. The van der Waals surface area contributed by atoms with Crippen molar-refractivity contribution in [3.8, 4) is 11.6 Å². The summed E-state index contributed by atoms with van der Waals surface area (Å²) in [6.45, 7) is 1.94. The zero-order valence-electron chi connectivity index (χ0n) is 10.5. The number of rotatable bonds is 3. The molecule has 0 saturated heterocycles. The van der Waals surface area contributed by atoms with E-state index in [1.165, 1.54) is 0 Å². The fourth-order valence-electron chi connectivity index (χ4n) is 1.83. The second-order valence-electron chi connectivity index (χ2n) is 4.36. The van der Waals surface area contributed by atoms with Gasteiger partial charge in [0, 0.05) is 5.69 Å². The number of nitrogen functional groups attached to an aromatic ring is 1. The number of nitrogens with zero attached hydrogens (tertiary/aromatic N) is 2. The third kappa shape index (κ3) is 2.35. The van der Waals surface area contributed by atoms with Crippen molar-refractivity contribution in [2.75, 3.05) is 5.73 Å². The quantitative estimate of drug-likeness (QED) is 0.728. The van der Waals surface area contributed by atoms with Crippen LogP contribution in [0.4, 0.5) is 5.69 Å². The average molecular weight is 255 g/mol. The van der Waals surface area contributed by atoms with Crippen molar-refractivity contribution in [1.82, 2.24) is 10.1 Å². The van der Waals surface area contributed by atoms with Gasteiger partial charge in [-0.2, -0.15) is 4.98 Å². The first-order valence-electron chi connectivity index (χ1n) is 5.94. The Morgan fingerprint density at radius 1 is 1.16 bits per heavy atom. The van der Waals surface area contributed by atoms with Crippen molar-refractivity contribution in [2.45, 2.75) is 13.3 Å². The Balaban J connectivity index is 1.82. The lowest BCUT2D eigenvalue weighted by Crippen LogP contribution is -1.90. The number of nitrogens with two attached hydrogens (primary N) is 1. The first kappa shape index (κ1) is 11.5. The number of aromatic nitrogens is 2. The molecule has 5 nitrogen and oxygen atoms in total. The van der Waals surface area contributed by atoms with E-state index in [4.69, 9.17) is 14.7 Å². The van der Waals surface area contributed by atoms with Gasteiger partial charge in [0.2, 0.25) is 11.7 Å². The molecule has 0 unspecified atom stereocenters. The van der Waals surface area contributed by atoms with E-state index in [1.807, 2.05) is 37.3 Å². The molecule has 19 heavy (non-hydrogen) atoms. The molecule has 96 valence electrons. The SMILES string of the molecule is Cc1ccoc1-c1noc(Cc2ccc(N)cc2)n1. The molecule has 3 aromatic rings. The Bertz CT molecular complexity index is 683. The Morgan fingerprint density at radius 3 is 2.63 bits per heavy atom. The van der Waals surface area contributed by atoms with Gasteiger partial charge in [0.1, 0.15) is 0 Å². The van der Waals surface area contributed by atoms with Crippen molar-refractivity contribution in [3.63, 3.8) is 0 Å². The minimum atomic E-state index is 0.480. The lowest BCUT2D eigenvalue weighted by atomic mass is 10.1. The number of hydrogen-bond acceptors (Lipinski definition) is 5. The van der Waals surface area contributed by atoms with E-state index >= 15 is 0 Å². The van der Waals surface area contributed by atoms with Gasteiger partial charge >= 0.3 is 0 Å². The van der Waals surface area contributed by atoms with E-state index in [-0.39, 0.29) is 0 Å². The maximum Gasteiger partial charge on any atom is 0.238 e. The Hall–Kier alpha value is -2.56. The highest BCUT2D eigenvalue weighted by molar-refractivity contribution is 5.51. The second kappa shape index (κ2) is 4.61. The predicted molar refractivity (Wildman–Crippen MR) is 70.4 cm³/mol. The number of hydrogen-bond donors (Lipinski definition) is 1. The maximum absolute atomic E-state index is 5.64. The van der Waals surface area contributed by atoms with Gasteiger partial charge in [0.15, 0.2) is 5.76 Å². The number of anilines is 1. The highest BCUT2D eigenvalue weighted by atomic mass is 16.5. The number of benzene rings is 1. The Labute approximate surface area is 110 Å². The summed E-state index contributed by atoms with van der Waals surface area (Å²) in [6.07, 6.45) is 2.19. The molecule has 0 atom stereocenters. The lowest BCUT2D eigenvalue weighted by Gasteiger charge is -1.96. The van der Waals surface area contributed by atoms with Gasteiger partial charge in [-0.15, -0.1) is 0 Å². The molecule has 2 N–H and O–H groups in total. The minimum Gasteiger partial charge on any atom is -0.461 e. The molecule has 2 aromatic heterocycles. The highest BCUT2D eigenvalue weighted by Crippen LogP contribution is 2.21. The van der Waals surface area contributed by atoms with Crippen LogP contribution in [0.2, 0.25) is 0 Å². The van der Waals surface area contributed by atoms with Crippen LogP contribution in [0.25, 0.3) is 11.6 Å². The summed E-state index contributed by atoms with van der Waals surface area (Å²) < 4.78 is 10.6. The zero-order valence-corrected chi connectivity index (χ0v) is 10.5. The van der Waals surface area contributed by atoms with Gasteiger partial charge < -0.3 is 14.7 Å². The van der Waals surface area contributed by atoms with Gasteiger partial charge in [-0.3, -0.25) is 0 Å². The summed E-state index contributed by atoms with van der Waals surface area (Å²) in [4.78, 5) is 4.33. The molecule has 0 fully saturated rings. The smallest absolute Gasteiger partial charge is 0.238 e. The summed E-state index contributed by atoms with van der Waals surface area (Å²) in [5, 5.41) is 3.93. The molecule has 0 spiro atoms. The third-order valence-corrected chi connectivity index (χ3v) is 2.87. The van der Waals surface area contributed by atoms with E-state index in [2.05, 4.69) is 10.1 Å². The van der Waals surface area contributed by atoms with Crippen molar-refractivity contribution in [2.24, 2.45) is 0 Å². The van der Waals surface area contributed by atoms with E-state index in [9.17, 15) is 0 Å². The fourth-order valence-corrected chi connectivity index (χ4v) is 1.83. The van der Waals surface area contributed by atoms with Crippen molar-refractivity contribution in [3.05, 3.63) is 53.6 Å². The van der Waals surface area contributed by atoms with Crippen LogP contribution in [0.1, 0.15) is 17.0 Å². The molecule has 0 bridgehead atoms. The molecule has 5 heteroatoms. The van der Waals surface area contributed by atoms with Crippen LogP contribution in [0.5, 0.6) is 0 Å². The summed E-state index contributed by atoms with van der Waals surface area (Å²) >= 11 is 0. The van der Waals surface area contributed by atoms with E-state index < -0.39 is 0 Å². The molecule has 0 aliphatic heterocycles. The van der Waals surface area contributed by atoms with Crippen LogP contribution in [-0.4, -0.2) is 10.1 Å². The van der Waals surface area contributed by atoms with Crippen molar-refractivity contribution >= 4 is 5.69 Å².